The maximum absolute atomic E-state index is 5.11. The van der Waals surface area contributed by atoms with Crippen molar-refractivity contribution in [3.8, 4) is 0 Å². The van der Waals surface area contributed by atoms with E-state index < -0.39 is 0 Å². The summed E-state index contributed by atoms with van der Waals surface area (Å²) >= 11 is 0. The summed E-state index contributed by atoms with van der Waals surface area (Å²) < 4.78 is 0. The third-order valence-corrected chi connectivity index (χ3v) is 0. The van der Waals surface area contributed by atoms with E-state index in [0.717, 1.165) is 0 Å². The molecule has 0 aromatic carbocycles. The molecule has 5 heavy (non-hydrogen) atoms. The van der Waals surface area contributed by atoms with Crippen LogP contribution in [0.2, 0.25) is 0 Å². The molecule has 0 aliphatic heterocycles. The van der Waals surface area contributed by atoms with E-state index in [0.29, 0.717) is 6.04 Å². The minimum Gasteiger partial charge on any atom is -0.328 e. The molecule has 0 aliphatic carbocycles. The van der Waals surface area contributed by atoms with Crippen molar-refractivity contribution in [3.05, 3.63) is 0 Å². The first-order valence-electron chi connectivity index (χ1n) is 1.49. The fraction of sp³-hybridized carbons (Fsp3) is 1.00. The van der Waals surface area contributed by atoms with Gasteiger partial charge in [-0.05, 0) is 6.04 Å². The van der Waals surface area contributed by atoms with E-state index in [9.17, 15) is 0 Å². The van der Waals surface area contributed by atoms with Gasteiger partial charge in [-0.25, -0.2) is 0 Å². The monoisotopic (exact) mass is 96.1 g/mol. The van der Waals surface area contributed by atoms with Crippen molar-refractivity contribution in [3.63, 3.8) is 0 Å². The molecule has 0 aliphatic rings. The summed E-state index contributed by atoms with van der Waals surface area (Å²) in [4.78, 5) is 0. The molecular weight excluding hydrogens is 85.5 g/mol. The molecule has 0 bridgehead atoms. The van der Waals surface area contributed by atoms with E-state index in [4.69, 9.17) is 5.73 Å². The topological polar surface area (TPSA) is 26.0 Å². The van der Waals surface area contributed by atoms with Gasteiger partial charge in [0.05, 0.1) is 12.4 Å². The largest absolute Gasteiger partial charge is 0.328 e. The number of halogens is 1. The van der Waals surface area contributed by atoms with Gasteiger partial charge < -0.3 is 5.73 Å². The highest BCUT2D eigenvalue weighted by Crippen LogP contribution is 1.58. The molecule has 0 atom stereocenters. The summed E-state index contributed by atoms with van der Waals surface area (Å²) in [6.07, 6.45) is 0. The van der Waals surface area contributed by atoms with Gasteiger partial charge in [0, 0.05) is 0 Å². The van der Waals surface area contributed by atoms with Crippen LogP contribution >= 0.6 is 0 Å². The smallest absolute Gasteiger partial charge is 0.0903 e. The van der Waals surface area contributed by atoms with Crippen molar-refractivity contribution < 1.29 is 12.4 Å². The van der Waals surface area contributed by atoms with Crippen molar-refractivity contribution in [2.45, 2.75) is 19.9 Å². The maximum atomic E-state index is 5.11. The van der Waals surface area contributed by atoms with Crippen LogP contribution in [0.15, 0.2) is 0 Å². The van der Waals surface area contributed by atoms with E-state index >= 15 is 0 Å². The molecule has 2 N–H and O–H groups in total. The van der Waals surface area contributed by atoms with Crippen molar-refractivity contribution in [2.75, 3.05) is 0 Å². The van der Waals surface area contributed by atoms with Crippen molar-refractivity contribution in [1.29, 1.82) is 0 Å². The van der Waals surface area contributed by atoms with Gasteiger partial charge in [0.25, 0.3) is 0 Å². The molecule has 0 fully saturated rings. The second-order valence-electron chi connectivity index (χ2n) is 1.24. The molecule has 0 amide bonds. The number of hydrogen-bond acceptors (Lipinski definition) is 1. The lowest BCUT2D eigenvalue weighted by molar-refractivity contribution is -0.00000128. The molecule has 0 aromatic rings. The summed E-state index contributed by atoms with van der Waals surface area (Å²) in [5.74, 6) is 0. The fourth-order valence-electron chi connectivity index (χ4n) is 0. The third-order valence-electron chi connectivity index (χ3n) is 0. The van der Waals surface area contributed by atoms with Crippen LogP contribution in [0.5, 0.6) is 0 Å². The second-order valence-corrected chi connectivity index (χ2v) is 1.24. The van der Waals surface area contributed by atoms with Crippen LogP contribution in [0.1, 0.15) is 13.8 Å². The van der Waals surface area contributed by atoms with Gasteiger partial charge >= 0.3 is 0 Å². The van der Waals surface area contributed by atoms with Crippen molar-refractivity contribution in [1.82, 2.24) is 0 Å². The first-order valence-corrected chi connectivity index (χ1v) is 1.49. The van der Waals surface area contributed by atoms with Crippen LogP contribution in [-0.4, -0.2) is 6.04 Å². The fourth-order valence-corrected chi connectivity index (χ4v) is 0. The van der Waals surface area contributed by atoms with Gasteiger partial charge in [-0.3, -0.25) is 0 Å². The Balaban J connectivity index is 0. The lowest BCUT2D eigenvalue weighted by Gasteiger charge is -1.81. The predicted molar refractivity (Wildman–Crippen MR) is 22.1 cm³/mol. The molecule has 0 heterocycles. The lowest BCUT2D eigenvalue weighted by Crippen LogP contribution is -2.06. The molecule has 0 unspecified atom stereocenters. The zero-order valence-corrected chi connectivity index (χ0v) is 4.50. The zero-order chi connectivity index (χ0) is 3.58. The summed E-state index contributed by atoms with van der Waals surface area (Å²) in [7, 11) is 0. The second kappa shape index (κ2) is 4.25. The molecule has 0 spiro atoms. The van der Waals surface area contributed by atoms with Gasteiger partial charge in [-0.2, -0.15) is 0 Å². The maximum Gasteiger partial charge on any atom is 0.0903 e. The van der Waals surface area contributed by atoms with E-state index in [1.165, 1.54) is 0 Å². The minimum atomic E-state index is 0. The molecule has 34 valence electrons. The Morgan fingerprint density at radius 2 is 1.40 bits per heavy atom. The normalized spacial score (nSPS) is 7.20. The summed E-state index contributed by atoms with van der Waals surface area (Å²) in [6, 6.07) is 0.333. The highest BCUT2D eigenvalue weighted by molar-refractivity contribution is 4.32. The minimum absolute atomic E-state index is 0. The van der Waals surface area contributed by atoms with Crippen LogP contribution in [0.4, 0.5) is 0 Å². The Morgan fingerprint density at radius 3 is 1.40 bits per heavy atom. The van der Waals surface area contributed by atoms with E-state index in [2.05, 4.69) is 0 Å². The van der Waals surface area contributed by atoms with Gasteiger partial charge in [0.2, 0.25) is 0 Å². The van der Waals surface area contributed by atoms with Crippen LogP contribution in [0.3, 0.4) is 0 Å². The van der Waals surface area contributed by atoms with Gasteiger partial charge in [-0.15, -0.1) is 0 Å². The molecule has 0 rings (SSSR count). The summed E-state index contributed by atoms with van der Waals surface area (Å²) in [5.41, 5.74) is 5.11. The predicted octanol–water partition coefficient (Wildman–Crippen LogP) is -0.182. The lowest BCUT2D eigenvalue weighted by atomic mass is 10.5. The standard InChI is InChI=1S/C3H9N.ClH2/c1-3(2)4;/h3H,4H2,1-2H3;1H2/q;+1. The Bertz CT molecular complexity index is 11.6. The summed E-state index contributed by atoms with van der Waals surface area (Å²) in [6.45, 7) is 3.89. The third kappa shape index (κ3) is 344. The highest BCUT2D eigenvalue weighted by Gasteiger charge is 1.67. The molecule has 2 heteroatoms. The van der Waals surface area contributed by atoms with Crippen molar-refractivity contribution >= 4 is 0 Å². The molecule has 0 saturated heterocycles. The number of hydrogen-bond donors (Lipinski definition) is 1. The Kier molecular flexibility index (Phi) is 7.63. The molecule has 0 saturated carbocycles. The van der Waals surface area contributed by atoms with Crippen LogP contribution in [0.25, 0.3) is 0 Å². The van der Waals surface area contributed by atoms with E-state index in [1.807, 2.05) is 13.8 Å². The molecule has 1 nitrogen and oxygen atoms in total. The van der Waals surface area contributed by atoms with Crippen LogP contribution < -0.4 is 5.73 Å². The Morgan fingerprint density at radius 1 is 1.40 bits per heavy atom. The summed E-state index contributed by atoms with van der Waals surface area (Å²) in [5, 5.41) is 0. The zero-order valence-electron chi connectivity index (χ0n) is 3.60. The highest BCUT2D eigenvalue weighted by atomic mass is 35.5. The van der Waals surface area contributed by atoms with Gasteiger partial charge in [-0.1, -0.05) is 13.8 Å². The van der Waals surface area contributed by atoms with Crippen LogP contribution in [-0.2, 0) is 0 Å². The molecule has 0 aromatic heterocycles. The Hall–Kier alpha value is 0.250. The van der Waals surface area contributed by atoms with Gasteiger partial charge in [0.1, 0.15) is 0 Å². The average molecular weight is 96.6 g/mol. The van der Waals surface area contributed by atoms with E-state index in [-0.39, 0.29) is 12.4 Å². The van der Waals surface area contributed by atoms with E-state index in [1.54, 1.807) is 0 Å². The first kappa shape index (κ1) is 8.98. The van der Waals surface area contributed by atoms with Gasteiger partial charge in [0.15, 0.2) is 0 Å². The SMILES string of the molecule is CC(C)N.[ClH2+]. The van der Waals surface area contributed by atoms with Crippen molar-refractivity contribution in [2.24, 2.45) is 5.73 Å². The first-order chi connectivity index (χ1) is 1.73. The molecular formula is C3H11ClN+. The average Bonchev–Trinajstić information content (AvgIpc) is 0.811. The number of rotatable bonds is 0. The Labute approximate surface area is 39.0 Å². The van der Waals surface area contributed by atoms with Crippen LogP contribution in [0, 0.1) is 12.4 Å². The number of nitrogens with two attached hydrogens (primary N) is 1. The molecule has 0 radical (unpaired) electrons. The quantitative estimate of drug-likeness (QED) is 0.445.